The number of carbonyl (C=O) groups excluding carboxylic acids is 1. The molecule has 3 nitrogen and oxygen atoms in total. The van der Waals surface area contributed by atoms with Crippen molar-refractivity contribution in [1.29, 1.82) is 0 Å². The number of amides is 1. The first-order chi connectivity index (χ1) is 9.56. The number of halogens is 2. The van der Waals surface area contributed by atoms with Crippen molar-refractivity contribution in [1.82, 2.24) is 5.32 Å². The lowest BCUT2D eigenvalue weighted by Crippen LogP contribution is -2.26. The Hall–Kier alpha value is -2.43. The van der Waals surface area contributed by atoms with Crippen LogP contribution in [0.5, 0.6) is 5.75 Å². The molecule has 2 aromatic carbocycles. The Morgan fingerprint density at radius 3 is 2.45 bits per heavy atom. The van der Waals surface area contributed by atoms with Crippen molar-refractivity contribution < 1.29 is 18.7 Å². The van der Waals surface area contributed by atoms with E-state index >= 15 is 0 Å². The molecule has 0 heterocycles. The zero-order chi connectivity index (χ0) is 14.5. The molecular weight excluding hydrogens is 264 g/mol. The Morgan fingerprint density at radius 2 is 1.80 bits per heavy atom. The van der Waals surface area contributed by atoms with Crippen molar-refractivity contribution >= 4 is 5.91 Å². The summed E-state index contributed by atoms with van der Waals surface area (Å²) < 4.78 is 26.1. The van der Waals surface area contributed by atoms with Gasteiger partial charge in [0.2, 0.25) is 0 Å². The highest BCUT2D eigenvalue weighted by Crippen LogP contribution is 2.11. The van der Waals surface area contributed by atoms with Crippen molar-refractivity contribution in [2.24, 2.45) is 0 Å². The molecule has 0 aliphatic rings. The van der Waals surface area contributed by atoms with Crippen LogP contribution in [0.15, 0.2) is 42.5 Å². The Kier molecular flexibility index (Phi) is 4.30. The average Bonchev–Trinajstić information content (AvgIpc) is 2.41. The third-order valence-electron chi connectivity index (χ3n) is 2.81. The van der Waals surface area contributed by atoms with Gasteiger partial charge in [0.25, 0.3) is 5.91 Å². The number of hydrogen-bond acceptors (Lipinski definition) is 2. The predicted octanol–water partition coefficient (Wildman–Crippen LogP) is 2.64. The van der Waals surface area contributed by atoms with Crippen LogP contribution >= 0.6 is 0 Å². The van der Waals surface area contributed by atoms with E-state index in [1.165, 1.54) is 0 Å². The summed E-state index contributed by atoms with van der Waals surface area (Å²) in [6.07, 6.45) is 0.550. The van der Waals surface area contributed by atoms with Gasteiger partial charge >= 0.3 is 0 Å². The summed E-state index contributed by atoms with van der Waals surface area (Å²) in [6, 6.07) is 9.40. The molecule has 0 saturated carbocycles. The van der Waals surface area contributed by atoms with Gasteiger partial charge in [0.05, 0.1) is 5.56 Å². The number of aromatic hydroxyl groups is 1. The molecule has 0 spiro atoms. The van der Waals surface area contributed by atoms with Crippen molar-refractivity contribution in [3.63, 3.8) is 0 Å². The molecular formula is C15H13F2NO2. The van der Waals surface area contributed by atoms with E-state index in [1.807, 2.05) is 0 Å². The summed E-state index contributed by atoms with van der Waals surface area (Å²) in [5, 5.41) is 11.7. The minimum atomic E-state index is -0.882. The van der Waals surface area contributed by atoms with Crippen LogP contribution in [0.1, 0.15) is 15.9 Å². The third-order valence-corrected chi connectivity index (χ3v) is 2.81. The standard InChI is InChI=1S/C15H13F2NO2/c16-11-3-6-13(14(17)9-11)15(20)18-8-7-10-1-4-12(19)5-2-10/h1-6,9,19H,7-8H2,(H,18,20). The second-order valence-electron chi connectivity index (χ2n) is 4.30. The lowest BCUT2D eigenvalue weighted by Gasteiger charge is -2.06. The number of hydrogen-bond donors (Lipinski definition) is 2. The van der Waals surface area contributed by atoms with Gasteiger partial charge in [0.15, 0.2) is 0 Å². The maximum atomic E-state index is 13.4. The van der Waals surface area contributed by atoms with Gasteiger partial charge in [-0.2, -0.15) is 0 Å². The highest BCUT2D eigenvalue weighted by Gasteiger charge is 2.11. The summed E-state index contributed by atoms with van der Waals surface area (Å²) in [6.45, 7) is 0.320. The van der Waals surface area contributed by atoms with Crippen molar-refractivity contribution in [3.05, 3.63) is 65.2 Å². The first kappa shape index (κ1) is 14.0. The van der Waals surface area contributed by atoms with Gasteiger partial charge in [-0.3, -0.25) is 4.79 Å². The number of benzene rings is 2. The molecule has 0 atom stereocenters. The van der Waals surface area contributed by atoms with E-state index in [0.29, 0.717) is 19.0 Å². The van der Waals surface area contributed by atoms with E-state index in [2.05, 4.69) is 5.32 Å². The SMILES string of the molecule is O=C(NCCc1ccc(O)cc1)c1ccc(F)cc1F. The van der Waals surface area contributed by atoms with Crippen molar-refractivity contribution in [2.75, 3.05) is 6.54 Å². The molecule has 2 N–H and O–H groups in total. The van der Waals surface area contributed by atoms with Gasteiger partial charge in [0, 0.05) is 12.6 Å². The van der Waals surface area contributed by atoms with E-state index in [9.17, 15) is 13.6 Å². The summed E-state index contributed by atoms with van der Waals surface area (Å²) >= 11 is 0. The maximum Gasteiger partial charge on any atom is 0.254 e. The summed E-state index contributed by atoms with van der Waals surface area (Å²) in [5.74, 6) is -2.01. The van der Waals surface area contributed by atoms with Crippen molar-refractivity contribution in [3.8, 4) is 5.75 Å². The number of nitrogens with one attached hydrogen (secondary N) is 1. The minimum absolute atomic E-state index is 0.172. The Balaban J connectivity index is 1.90. The van der Waals surface area contributed by atoms with Gasteiger partial charge in [0.1, 0.15) is 17.4 Å². The fourth-order valence-corrected chi connectivity index (χ4v) is 1.75. The first-order valence-corrected chi connectivity index (χ1v) is 6.07. The van der Waals surface area contributed by atoms with Crippen LogP contribution in [0.3, 0.4) is 0 Å². The highest BCUT2D eigenvalue weighted by molar-refractivity contribution is 5.94. The molecule has 1 amide bonds. The molecule has 0 unspecified atom stereocenters. The molecule has 0 bridgehead atoms. The van der Waals surface area contributed by atoms with Crippen LogP contribution < -0.4 is 5.32 Å². The van der Waals surface area contributed by atoms with E-state index in [-0.39, 0.29) is 11.3 Å². The molecule has 2 rings (SSSR count). The molecule has 0 aliphatic heterocycles. The Bertz CT molecular complexity index is 612. The lowest BCUT2D eigenvalue weighted by molar-refractivity contribution is 0.0950. The van der Waals surface area contributed by atoms with Crippen LogP contribution in [0, 0.1) is 11.6 Å². The largest absolute Gasteiger partial charge is 0.508 e. The van der Waals surface area contributed by atoms with Gasteiger partial charge in [-0.25, -0.2) is 8.78 Å². The van der Waals surface area contributed by atoms with Gasteiger partial charge in [-0.1, -0.05) is 12.1 Å². The molecule has 0 fully saturated rings. The Labute approximate surface area is 114 Å². The van der Waals surface area contributed by atoms with E-state index < -0.39 is 17.5 Å². The fraction of sp³-hybridized carbons (Fsp3) is 0.133. The zero-order valence-corrected chi connectivity index (χ0v) is 10.6. The minimum Gasteiger partial charge on any atom is -0.508 e. The molecule has 5 heteroatoms. The quantitative estimate of drug-likeness (QED) is 0.902. The monoisotopic (exact) mass is 277 g/mol. The van der Waals surface area contributed by atoms with E-state index in [1.54, 1.807) is 24.3 Å². The maximum absolute atomic E-state index is 13.4. The first-order valence-electron chi connectivity index (χ1n) is 6.07. The van der Waals surface area contributed by atoms with Crippen LogP contribution in [0.25, 0.3) is 0 Å². The zero-order valence-electron chi connectivity index (χ0n) is 10.6. The second kappa shape index (κ2) is 6.14. The van der Waals surface area contributed by atoms with Gasteiger partial charge in [-0.05, 0) is 36.2 Å². The molecule has 0 aliphatic carbocycles. The smallest absolute Gasteiger partial charge is 0.254 e. The van der Waals surface area contributed by atoms with Crippen molar-refractivity contribution in [2.45, 2.75) is 6.42 Å². The predicted molar refractivity (Wildman–Crippen MR) is 70.5 cm³/mol. The molecule has 2 aromatic rings. The topological polar surface area (TPSA) is 49.3 Å². The van der Waals surface area contributed by atoms with Crippen LogP contribution in [-0.2, 0) is 6.42 Å². The third kappa shape index (κ3) is 3.54. The summed E-state index contributed by atoms with van der Waals surface area (Å²) in [5.41, 5.74) is 0.750. The Morgan fingerprint density at radius 1 is 1.10 bits per heavy atom. The number of rotatable bonds is 4. The fourth-order valence-electron chi connectivity index (χ4n) is 1.75. The van der Waals surface area contributed by atoms with Crippen LogP contribution in [-0.4, -0.2) is 17.6 Å². The number of phenols is 1. The highest BCUT2D eigenvalue weighted by atomic mass is 19.1. The summed E-state index contributed by atoms with van der Waals surface area (Å²) in [7, 11) is 0. The second-order valence-corrected chi connectivity index (χ2v) is 4.30. The molecule has 20 heavy (non-hydrogen) atoms. The van der Waals surface area contributed by atoms with E-state index in [4.69, 9.17) is 5.11 Å². The molecule has 0 saturated heterocycles. The summed E-state index contributed by atoms with van der Waals surface area (Å²) in [4.78, 5) is 11.7. The lowest BCUT2D eigenvalue weighted by atomic mass is 10.1. The number of phenolic OH excluding ortho intramolecular Hbond substituents is 1. The molecule has 104 valence electrons. The van der Waals surface area contributed by atoms with Crippen LogP contribution in [0.2, 0.25) is 0 Å². The number of carbonyl (C=O) groups is 1. The molecule has 0 aromatic heterocycles. The van der Waals surface area contributed by atoms with Gasteiger partial charge < -0.3 is 10.4 Å². The normalized spacial score (nSPS) is 10.3. The van der Waals surface area contributed by atoms with Crippen LogP contribution in [0.4, 0.5) is 8.78 Å². The average molecular weight is 277 g/mol. The molecule has 0 radical (unpaired) electrons. The van der Waals surface area contributed by atoms with Gasteiger partial charge in [-0.15, -0.1) is 0 Å². The van der Waals surface area contributed by atoms with E-state index in [0.717, 1.165) is 17.7 Å².